The highest BCUT2D eigenvalue weighted by Crippen LogP contribution is 2.22. The first-order valence-corrected chi connectivity index (χ1v) is 9.54. The van der Waals surface area contributed by atoms with E-state index in [1.807, 2.05) is 6.92 Å². The van der Waals surface area contributed by atoms with Crippen molar-refractivity contribution in [1.82, 2.24) is 20.2 Å². The Kier molecular flexibility index (Phi) is 5.55. The van der Waals surface area contributed by atoms with Crippen LogP contribution in [0.4, 0.5) is 5.95 Å². The van der Waals surface area contributed by atoms with Gasteiger partial charge >= 0.3 is 0 Å². The zero-order valence-corrected chi connectivity index (χ0v) is 14.7. The Hall–Kier alpha value is -1.83. The number of hydrogen-bond donors (Lipinski definition) is 1. The number of carbonyl (C=O) groups excluding carboxylic acids is 2. The van der Waals surface area contributed by atoms with Crippen LogP contribution in [-0.2, 0) is 9.59 Å². The third-order valence-electron chi connectivity index (χ3n) is 4.48. The van der Waals surface area contributed by atoms with E-state index in [0.717, 1.165) is 31.9 Å². The van der Waals surface area contributed by atoms with Crippen molar-refractivity contribution in [2.45, 2.75) is 38.3 Å². The Balaban J connectivity index is 1.51. The average molecular weight is 349 g/mol. The fourth-order valence-corrected chi connectivity index (χ4v) is 4.27. The van der Waals surface area contributed by atoms with E-state index in [0.29, 0.717) is 18.1 Å². The van der Waals surface area contributed by atoms with Gasteiger partial charge in [-0.3, -0.25) is 9.59 Å². The third-order valence-corrected chi connectivity index (χ3v) is 5.50. The molecule has 1 atom stereocenters. The third kappa shape index (κ3) is 3.80. The second kappa shape index (κ2) is 7.83. The summed E-state index contributed by atoms with van der Waals surface area (Å²) in [4.78, 5) is 36.9. The highest BCUT2D eigenvalue weighted by Gasteiger charge is 2.35. The molecule has 2 amide bonds. The van der Waals surface area contributed by atoms with Crippen LogP contribution in [0.5, 0.6) is 0 Å². The molecule has 2 aliphatic rings. The molecular weight excluding hydrogens is 326 g/mol. The summed E-state index contributed by atoms with van der Waals surface area (Å²) in [5, 5.41) is 3.13. The summed E-state index contributed by atoms with van der Waals surface area (Å²) < 4.78 is 0. The number of anilines is 1. The minimum atomic E-state index is -0.321. The lowest BCUT2D eigenvalue weighted by atomic mass is 10.0. The molecule has 8 heteroatoms. The normalized spacial score (nSPS) is 21.8. The number of aromatic nitrogens is 2. The van der Waals surface area contributed by atoms with Gasteiger partial charge in [0.15, 0.2) is 0 Å². The maximum Gasteiger partial charge on any atom is 0.243 e. The summed E-state index contributed by atoms with van der Waals surface area (Å²) in [5.41, 5.74) is 0. The number of rotatable bonds is 4. The topological polar surface area (TPSA) is 78.4 Å². The van der Waals surface area contributed by atoms with Crippen LogP contribution in [0.2, 0.25) is 0 Å². The molecule has 1 N–H and O–H groups in total. The number of nitrogens with one attached hydrogen (secondary N) is 1. The van der Waals surface area contributed by atoms with E-state index in [1.165, 1.54) is 0 Å². The molecule has 0 aliphatic carbocycles. The quantitative estimate of drug-likeness (QED) is 0.869. The lowest BCUT2D eigenvalue weighted by molar-refractivity contribution is -0.138. The van der Waals surface area contributed by atoms with Crippen molar-refractivity contribution < 1.29 is 9.59 Å². The van der Waals surface area contributed by atoms with E-state index in [-0.39, 0.29) is 23.9 Å². The SMILES string of the molecule is CCC(=O)N1CSC[C@@H]1C(=O)NC1CCN(c2ncccn2)CC1. The summed E-state index contributed by atoms with van der Waals surface area (Å²) in [6, 6.07) is 1.64. The smallest absolute Gasteiger partial charge is 0.243 e. The van der Waals surface area contributed by atoms with Crippen molar-refractivity contribution in [3.05, 3.63) is 18.5 Å². The molecule has 0 radical (unpaired) electrons. The molecule has 0 unspecified atom stereocenters. The lowest BCUT2D eigenvalue weighted by Crippen LogP contribution is -2.52. The lowest BCUT2D eigenvalue weighted by Gasteiger charge is -2.33. The van der Waals surface area contributed by atoms with Crippen molar-refractivity contribution in [2.24, 2.45) is 0 Å². The fourth-order valence-electron chi connectivity index (χ4n) is 3.08. The summed E-state index contributed by atoms with van der Waals surface area (Å²) in [7, 11) is 0. The first-order valence-electron chi connectivity index (χ1n) is 8.38. The standard InChI is InChI=1S/C16H23N5O2S/c1-2-14(22)21-11-24-10-13(21)15(23)19-12-4-8-20(9-5-12)16-17-6-3-7-18-16/h3,6-7,12-13H,2,4-5,8-11H2,1H3,(H,19,23)/t13-/m1/s1. The zero-order valence-electron chi connectivity index (χ0n) is 13.9. The maximum atomic E-state index is 12.5. The number of thioether (sulfide) groups is 1. The molecule has 3 rings (SSSR count). The van der Waals surface area contributed by atoms with E-state index < -0.39 is 0 Å². The molecule has 0 spiro atoms. The molecule has 24 heavy (non-hydrogen) atoms. The van der Waals surface area contributed by atoms with Crippen molar-refractivity contribution in [3.8, 4) is 0 Å². The maximum absolute atomic E-state index is 12.5. The fraction of sp³-hybridized carbons (Fsp3) is 0.625. The van der Waals surface area contributed by atoms with Gasteiger partial charge in [-0.15, -0.1) is 11.8 Å². The minimum absolute atomic E-state index is 0.0174. The molecule has 0 bridgehead atoms. The molecule has 130 valence electrons. The van der Waals surface area contributed by atoms with E-state index >= 15 is 0 Å². The first-order chi connectivity index (χ1) is 11.7. The molecule has 0 aromatic carbocycles. The zero-order chi connectivity index (χ0) is 16.9. The van der Waals surface area contributed by atoms with Crippen molar-refractivity contribution in [3.63, 3.8) is 0 Å². The predicted molar refractivity (Wildman–Crippen MR) is 93.7 cm³/mol. The minimum Gasteiger partial charge on any atom is -0.351 e. The van der Waals surface area contributed by atoms with Crippen molar-refractivity contribution in [1.29, 1.82) is 0 Å². The van der Waals surface area contributed by atoms with E-state index in [4.69, 9.17) is 0 Å². The van der Waals surface area contributed by atoms with Gasteiger partial charge in [0.25, 0.3) is 0 Å². The van der Waals surface area contributed by atoms with Crippen LogP contribution in [0.3, 0.4) is 0 Å². The van der Waals surface area contributed by atoms with Gasteiger partial charge in [-0.2, -0.15) is 0 Å². The largest absolute Gasteiger partial charge is 0.351 e. The van der Waals surface area contributed by atoms with Crippen LogP contribution in [0.1, 0.15) is 26.2 Å². The summed E-state index contributed by atoms with van der Waals surface area (Å²) in [6.07, 6.45) is 5.66. The predicted octanol–water partition coefficient (Wildman–Crippen LogP) is 0.873. The van der Waals surface area contributed by atoms with Gasteiger partial charge in [0.1, 0.15) is 6.04 Å². The molecule has 2 saturated heterocycles. The number of nitrogens with zero attached hydrogens (tertiary/aromatic N) is 4. The Labute approximate surface area is 146 Å². The first kappa shape index (κ1) is 17.0. The summed E-state index contributed by atoms with van der Waals surface area (Å²) in [6.45, 7) is 3.49. The Morgan fingerprint density at radius 1 is 1.29 bits per heavy atom. The highest BCUT2D eigenvalue weighted by atomic mass is 32.2. The molecule has 0 saturated carbocycles. The van der Waals surface area contributed by atoms with Crippen LogP contribution in [0, 0.1) is 0 Å². The summed E-state index contributed by atoms with van der Waals surface area (Å²) in [5.74, 6) is 2.09. The van der Waals surface area contributed by atoms with Crippen LogP contribution >= 0.6 is 11.8 Å². The van der Waals surface area contributed by atoms with Crippen LogP contribution in [0.15, 0.2) is 18.5 Å². The van der Waals surface area contributed by atoms with Gasteiger partial charge in [0, 0.05) is 43.7 Å². The molecule has 3 heterocycles. The second-order valence-electron chi connectivity index (χ2n) is 6.05. The van der Waals surface area contributed by atoms with Gasteiger partial charge < -0.3 is 15.1 Å². The molecule has 1 aromatic heterocycles. The monoisotopic (exact) mass is 349 g/mol. The van der Waals surface area contributed by atoms with Crippen molar-refractivity contribution in [2.75, 3.05) is 29.6 Å². The van der Waals surface area contributed by atoms with Gasteiger partial charge in [-0.1, -0.05) is 6.92 Å². The average Bonchev–Trinajstić information content (AvgIpc) is 3.12. The number of hydrogen-bond acceptors (Lipinski definition) is 6. The summed E-state index contributed by atoms with van der Waals surface area (Å²) >= 11 is 1.64. The Morgan fingerprint density at radius 3 is 2.67 bits per heavy atom. The Bertz CT molecular complexity index is 577. The van der Waals surface area contributed by atoms with Crippen LogP contribution < -0.4 is 10.2 Å². The molecule has 7 nitrogen and oxygen atoms in total. The van der Waals surface area contributed by atoms with Gasteiger partial charge in [0.2, 0.25) is 17.8 Å². The van der Waals surface area contributed by atoms with Crippen molar-refractivity contribution >= 4 is 29.5 Å². The van der Waals surface area contributed by atoms with Crippen LogP contribution in [0.25, 0.3) is 0 Å². The Morgan fingerprint density at radius 2 is 2.00 bits per heavy atom. The molecular formula is C16H23N5O2S. The number of amides is 2. The highest BCUT2D eigenvalue weighted by molar-refractivity contribution is 7.99. The van der Waals surface area contributed by atoms with Gasteiger partial charge in [0.05, 0.1) is 5.88 Å². The van der Waals surface area contributed by atoms with E-state index in [9.17, 15) is 9.59 Å². The number of piperidine rings is 1. The molecule has 2 fully saturated rings. The van der Waals surface area contributed by atoms with Gasteiger partial charge in [-0.25, -0.2) is 9.97 Å². The molecule has 2 aliphatic heterocycles. The molecule has 1 aromatic rings. The van der Waals surface area contributed by atoms with Gasteiger partial charge in [-0.05, 0) is 18.9 Å². The number of carbonyl (C=O) groups is 2. The van der Waals surface area contributed by atoms with Crippen LogP contribution in [-0.4, -0.2) is 63.5 Å². The second-order valence-corrected chi connectivity index (χ2v) is 7.05. The van der Waals surface area contributed by atoms with E-state index in [2.05, 4.69) is 20.2 Å². The van der Waals surface area contributed by atoms with E-state index in [1.54, 1.807) is 35.1 Å².